The number of rotatable bonds is 4. The number of benzene rings is 1. The minimum atomic E-state index is -0.324. The van der Waals surface area contributed by atoms with Crippen molar-refractivity contribution in [3.8, 4) is 5.75 Å². The summed E-state index contributed by atoms with van der Waals surface area (Å²) in [5, 5.41) is 9.22. The average Bonchev–Trinajstić information content (AvgIpc) is 2.25. The highest BCUT2D eigenvalue weighted by atomic mass is 79.9. The van der Waals surface area contributed by atoms with Gasteiger partial charge in [0.1, 0.15) is 10.6 Å². The van der Waals surface area contributed by atoms with Crippen LogP contribution in [0.25, 0.3) is 0 Å². The molecule has 0 radical (unpaired) electrons. The molecule has 3 nitrogen and oxygen atoms in total. The molecule has 1 N–H and O–H groups in total. The Morgan fingerprint density at radius 3 is 3.00 bits per heavy atom. The maximum absolute atomic E-state index is 11.1. The molecule has 0 spiro atoms. The van der Waals surface area contributed by atoms with Gasteiger partial charge in [0.25, 0.3) is 0 Å². The molecular formula is C10H11BrO3S. The first-order valence-corrected chi connectivity index (χ1v) is 6.17. The van der Waals surface area contributed by atoms with Crippen LogP contribution in [0.15, 0.2) is 29.2 Å². The fourth-order valence-corrected chi connectivity index (χ4v) is 2.38. The van der Waals surface area contributed by atoms with Crippen molar-refractivity contribution < 1.29 is 14.6 Å². The van der Waals surface area contributed by atoms with Gasteiger partial charge < -0.3 is 9.84 Å². The van der Waals surface area contributed by atoms with Crippen molar-refractivity contribution in [2.75, 3.05) is 12.9 Å². The molecule has 0 heterocycles. The minimum absolute atomic E-state index is 0.226. The molecule has 0 aliphatic rings. The molecule has 0 amide bonds. The van der Waals surface area contributed by atoms with Gasteiger partial charge in [0.05, 0.1) is 7.11 Å². The fourth-order valence-electron chi connectivity index (χ4n) is 0.939. The molecular weight excluding hydrogens is 280 g/mol. The number of phenolic OH excluding ortho intramolecular Hbond substituents is 1. The van der Waals surface area contributed by atoms with Crippen LogP contribution in [0.2, 0.25) is 0 Å². The summed E-state index contributed by atoms with van der Waals surface area (Å²) in [5.41, 5.74) is 0. The Balaban J connectivity index is 2.47. The second kappa shape index (κ2) is 6.02. The van der Waals surface area contributed by atoms with E-state index in [4.69, 9.17) is 0 Å². The maximum atomic E-state index is 11.1. The summed E-state index contributed by atoms with van der Waals surface area (Å²) >= 11 is 4.70. The van der Waals surface area contributed by atoms with Crippen LogP contribution in [-0.2, 0) is 9.53 Å². The number of thioether (sulfide) groups is 1. The van der Waals surface area contributed by atoms with Crippen LogP contribution in [0.3, 0.4) is 0 Å². The molecule has 1 aromatic rings. The molecule has 1 rings (SSSR count). The maximum Gasteiger partial charge on any atom is 0.320 e. The molecule has 0 saturated heterocycles. The first-order chi connectivity index (χ1) is 7.13. The number of aromatic hydroxyl groups is 1. The number of alkyl halides is 1. The van der Waals surface area contributed by atoms with Crippen LogP contribution >= 0.6 is 27.7 Å². The van der Waals surface area contributed by atoms with E-state index in [1.165, 1.54) is 18.9 Å². The van der Waals surface area contributed by atoms with Crippen molar-refractivity contribution >= 4 is 33.7 Å². The highest BCUT2D eigenvalue weighted by Crippen LogP contribution is 2.24. The van der Waals surface area contributed by atoms with E-state index < -0.39 is 0 Å². The molecule has 1 unspecified atom stereocenters. The number of phenols is 1. The van der Waals surface area contributed by atoms with Gasteiger partial charge in [0.2, 0.25) is 0 Å². The SMILES string of the molecule is COC(=O)C(Br)CSc1cccc(O)c1. The predicted molar refractivity (Wildman–Crippen MR) is 63.6 cm³/mol. The number of hydrogen-bond donors (Lipinski definition) is 1. The van der Waals surface area contributed by atoms with Crippen LogP contribution < -0.4 is 0 Å². The molecule has 0 aliphatic heterocycles. The van der Waals surface area contributed by atoms with Gasteiger partial charge in [-0.25, -0.2) is 0 Å². The Labute approximate surface area is 101 Å². The zero-order valence-corrected chi connectivity index (χ0v) is 10.5. The Hall–Kier alpha value is -0.680. The smallest absolute Gasteiger partial charge is 0.320 e. The number of hydrogen-bond acceptors (Lipinski definition) is 4. The van der Waals surface area contributed by atoms with Crippen molar-refractivity contribution in [2.45, 2.75) is 9.72 Å². The molecule has 0 fully saturated rings. The number of esters is 1. The van der Waals surface area contributed by atoms with Crippen LogP contribution in [0.5, 0.6) is 5.75 Å². The monoisotopic (exact) mass is 290 g/mol. The van der Waals surface area contributed by atoms with Crippen LogP contribution in [0.1, 0.15) is 0 Å². The third kappa shape index (κ3) is 4.13. The lowest BCUT2D eigenvalue weighted by Gasteiger charge is -2.06. The number of ether oxygens (including phenoxy) is 1. The van der Waals surface area contributed by atoms with E-state index in [2.05, 4.69) is 20.7 Å². The summed E-state index contributed by atoms with van der Waals surface area (Å²) in [6.07, 6.45) is 0. The van der Waals surface area contributed by atoms with E-state index in [1.54, 1.807) is 18.2 Å². The molecule has 0 saturated carbocycles. The van der Waals surface area contributed by atoms with Gasteiger partial charge in [-0.1, -0.05) is 22.0 Å². The van der Waals surface area contributed by atoms with Crippen molar-refractivity contribution in [1.29, 1.82) is 0 Å². The first kappa shape index (κ1) is 12.4. The molecule has 0 aromatic heterocycles. The number of carbonyl (C=O) groups is 1. The Bertz CT molecular complexity index is 343. The third-order valence-electron chi connectivity index (χ3n) is 1.67. The van der Waals surface area contributed by atoms with Gasteiger partial charge in [-0.15, -0.1) is 11.8 Å². The van der Waals surface area contributed by atoms with Gasteiger partial charge in [-0.3, -0.25) is 4.79 Å². The van der Waals surface area contributed by atoms with E-state index in [1.807, 2.05) is 6.07 Å². The summed E-state index contributed by atoms with van der Waals surface area (Å²) in [7, 11) is 1.36. The average molecular weight is 291 g/mol. The summed E-state index contributed by atoms with van der Waals surface area (Å²) in [4.78, 5) is 11.7. The lowest BCUT2D eigenvalue weighted by Crippen LogP contribution is -2.17. The molecule has 82 valence electrons. The van der Waals surface area contributed by atoms with Gasteiger partial charge in [-0.05, 0) is 18.2 Å². The van der Waals surface area contributed by atoms with Crippen molar-refractivity contribution in [3.63, 3.8) is 0 Å². The predicted octanol–water partition coefficient (Wildman–Crippen LogP) is 2.42. The minimum Gasteiger partial charge on any atom is -0.508 e. The van der Waals surface area contributed by atoms with E-state index in [0.29, 0.717) is 5.75 Å². The molecule has 0 bridgehead atoms. The molecule has 0 aliphatic carbocycles. The van der Waals surface area contributed by atoms with Crippen molar-refractivity contribution in [1.82, 2.24) is 0 Å². The van der Waals surface area contributed by atoms with E-state index in [9.17, 15) is 9.90 Å². The summed E-state index contributed by atoms with van der Waals surface area (Å²) < 4.78 is 4.58. The summed E-state index contributed by atoms with van der Waals surface area (Å²) in [6.45, 7) is 0. The lowest BCUT2D eigenvalue weighted by atomic mass is 10.3. The van der Waals surface area contributed by atoms with Crippen LogP contribution in [0, 0.1) is 0 Å². The zero-order valence-electron chi connectivity index (χ0n) is 8.14. The zero-order chi connectivity index (χ0) is 11.3. The summed E-state index contributed by atoms with van der Waals surface area (Å²) in [5.74, 6) is 0.502. The Kier molecular flexibility index (Phi) is 4.98. The normalized spacial score (nSPS) is 12.1. The highest BCUT2D eigenvalue weighted by Gasteiger charge is 2.15. The van der Waals surface area contributed by atoms with Gasteiger partial charge in [0, 0.05) is 10.6 Å². The number of methoxy groups -OCH3 is 1. The second-order valence-corrected chi connectivity index (χ2v) is 5.00. The van der Waals surface area contributed by atoms with E-state index >= 15 is 0 Å². The van der Waals surface area contributed by atoms with Gasteiger partial charge >= 0.3 is 5.97 Å². The highest BCUT2D eigenvalue weighted by molar-refractivity contribution is 9.10. The second-order valence-electron chi connectivity index (χ2n) is 2.80. The quantitative estimate of drug-likeness (QED) is 0.526. The van der Waals surface area contributed by atoms with Gasteiger partial charge in [0.15, 0.2) is 0 Å². The van der Waals surface area contributed by atoms with Gasteiger partial charge in [-0.2, -0.15) is 0 Å². The Morgan fingerprint density at radius 1 is 1.67 bits per heavy atom. The van der Waals surface area contributed by atoms with Crippen LogP contribution in [-0.4, -0.2) is 28.8 Å². The number of halogens is 1. The fraction of sp³-hybridized carbons (Fsp3) is 0.300. The van der Waals surface area contributed by atoms with Crippen molar-refractivity contribution in [2.24, 2.45) is 0 Å². The molecule has 5 heteroatoms. The number of carbonyl (C=O) groups excluding carboxylic acids is 1. The molecule has 1 aromatic carbocycles. The van der Waals surface area contributed by atoms with E-state index in [-0.39, 0.29) is 16.5 Å². The Morgan fingerprint density at radius 2 is 2.40 bits per heavy atom. The molecule has 15 heavy (non-hydrogen) atoms. The summed E-state index contributed by atoms with van der Waals surface area (Å²) in [6, 6.07) is 6.90. The standard InChI is InChI=1S/C10H11BrO3S/c1-14-10(13)9(11)6-15-8-4-2-3-7(12)5-8/h2-5,9,12H,6H2,1H3. The van der Waals surface area contributed by atoms with Crippen LogP contribution in [0.4, 0.5) is 0 Å². The largest absolute Gasteiger partial charge is 0.508 e. The lowest BCUT2D eigenvalue weighted by molar-refractivity contribution is -0.139. The van der Waals surface area contributed by atoms with E-state index in [0.717, 1.165) is 4.90 Å². The van der Waals surface area contributed by atoms with Crippen molar-refractivity contribution in [3.05, 3.63) is 24.3 Å². The molecule has 1 atom stereocenters. The third-order valence-corrected chi connectivity index (χ3v) is 3.88. The first-order valence-electron chi connectivity index (χ1n) is 4.27. The topological polar surface area (TPSA) is 46.5 Å².